The number of carbonyl (C=O) groups excluding carboxylic acids is 1. The number of amides is 1. The molecule has 27 heavy (non-hydrogen) atoms. The van der Waals surface area contributed by atoms with E-state index in [1.807, 2.05) is 0 Å². The first kappa shape index (κ1) is 17.1. The highest BCUT2D eigenvalue weighted by Gasteiger charge is 2.21. The number of anilines is 1. The largest absolute Gasteiger partial charge is 0.478 e. The Labute approximate surface area is 154 Å². The van der Waals surface area contributed by atoms with Gasteiger partial charge in [-0.1, -0.05) is 12.8 Å². The number of aromatic nitrogens is 2. The highest BCUT2D eigenvalue weighted by Crippen LogP contribution is 2.30. The molecule has 1 aliphatic rings. The summed E-state index contributed by atoms with van der Waals surface area (Å²) in [5.74, 6) is -1.34. The fourth-order valence-corrected chi connectivity index (χ4v) is 3.70. The quantitative estimate of drug-likeness (QED) is 0.659. The molecular weight excluding hydrogens is 346 g/mol. The van der Waals surface area contributed by atoms with Crippen molar-refractivity contribution in [3.63, 3.8) is 0 Å². The number of nitrogens with one attached hydrogen (secondary N) is 2. The van der Waals surface area contributed by atoms with E-state index in [9.17, 15) is 14.4 Å². The summed E-state index contributed by atoms with van der Waals surface area (Å²) >= 11 is 0. The summed E-state index contributed by atoms with van der Waals surface area (Å²) in [4.78, 5) is 38.6. The molecule has 1 aliphatic carbocycles. The van der Waals surface area contributed by atoms with Crippen LogP contribution in [0.3, 0.4) is 0 Å². The average molecular weight is 365 g/mol. The maximum absolute atomic E-state index is 12.5. The zero-order valence-corrected chi connectivity index (χ0v) is 14.6. The van der Waals surface area contributed by atoms with Gasteiger partial charge in [0.25, 0.3) is 5.91 Å². The molecule has 3 N–H and O–H groups in total. The molecule has 0 aliphatic heterocycles. The van der Waals surface area contributed by atoms with Crippen molar-refractivity contribution >= 4 is 28.6 Å². The molecule has 7 nitrogen and oxygen atoms in total. The van der Waals surface area contributed by atoms with Crippen LogP contribution < -0.4 is 11.0 Å². The summed E-state index contributed by atoms with van der Waals surface area (Å²) in [6.07, 6.45) is 4.26. The van der Waals surface area contributed by atoms with E-state index < -0.39 is 5.97 Å². The lowest BCUT2D eigenvalue weighted by Gasteiger charge is -2.11. The average Bonchev–Trinajstić information content (AvgIpc) is 3.27. The number of nitrogens with zero attached hydrogens (tertiary/aromatic N) is 1. The summed E-state index contributed by atoms with van der Waals surface area (Å²) in [5.41, 5.74) is 2.39. The molecule has 4 rings (SSSR count). The van der Waals surface area contributed by atoms with Crippen LogP contribution in [0.4, 0.5) is 5.69 Å². The molecule has 138 valence electrons. The molecule has 1 fully saturated rings. The first-order valence-corrected chi connectivity index (χ1v) is 8.92. The predicted molar refractivity (Wildman–Crippen MR) is 101 cm³/mol. The number of fused-ring (bicyclic) bond motifs is 1. The topological polar surface area (TPSA) is 104 Å². The second kappa shape index (κ2) is 6.75. The molecule has 3 aromatic rings. The van der Waals surface area contributed by atoms with Crippen LogP contribution in [0.15, 0.2) is 47.3 Å². The Bertz CT molecular complexity index is 1070. The smallest absolute Gasteiger partial charge is 0.335 e. The van der Waals surface area contributed by atoms with Gasteiger partial charge in [-0.3, -0.25) is 9.36 Å². The molecule has 1 aromatic heterocycles. The van der Waals surface area contributed by atoms with E-state index in [2.05, 4.69) is 10.3 Å². The van der Waals surface area contributed by atoms with Crippen molar-refractivity contribution < 1.29 is 14.7 Å². The summed E-state index contributed by atoms with van der Waals surface area (Å²) in [7, 11) is 0. The van der Waals surface area contributed by atoms with Gasteiger partial charge in [-0.25, -0.2) is 9.59 Å². The monoisotopic (exact) mass is 365 g/mol. The Morgan fingerprint density at radius 1 is 1.04 bits per heavy atom. The molecule has 0 atom stereocenters. The number of carboxylic acids is 1. The number of hydrogen-bond acceptors (Lipinski definition) is 3. The second-order valence-electron chi connectivity index (χ2n) is 6.81. The fraction of sp³-hybridized carbons (Fsp3) is 0.250. The van der Waals surface area contributed by atoms with Crippen molar-refractivity contribution in [2.45, 2.75) is 31.7 Å². The molecule has 0 radical (unpaired) electrons. The molecule has 0 spiro atoms. The van der Waals surface area contributed by atoms with Crippen molar-refractivity contribution in [3.8, 4) is 0 Å². The van der Waals surface area contributed by atoms with E-state index in [0.29, 0.717) is 16.8 Å². The second-order valence-corrected chi connectivity index (χ2v) is 6.81. The van der Waals surface area contributed by atoms with Gasteiger partial charge in [0.2, 0.25) is 0 Å². The maximum atomic E-state index is 12.5. The van der Waals surface area contributed by atoms with Gasteiger partial charge in [0.1, 0.15) is 0 Å². The normalized spacial score (nSPS) is 14.5. The summed E-state index contributed by atoms with van der Waals surface area (Å²) in [6.45, 7) is 0. The lowest BCUT2D eigenvalue weighted by atomic mass is 10.1. The van der Waals surface area contributed by atoms with Crippen LogP contribution >= 0.6 is 0 Å². The minimum Gasteiger partial charge on any atom is -0.478 e. The molecule has 0 unspecified atom stereocenters. The van der Waals surface area contributed by atoms with Crippen molar-refractivity contribution in [2.24, 2.45) is 0 Å². The maximum Gasteiger partial charge on any atom is 0.335 e. The SMILES string of the molecule is O=C(O)c1ccc(NC(=O)c2ccc3c(c2)[nH]c(=O)n3C2CCCC2)cc1. The van der Waals surface area contributed by atoms with Gasteiger partial charge < -0.3 is 15.4 Å². The number of aromatic amines is 1. The Morgan fingerprint density at radius 3 is 2.37 bits per heavy atom. The van der Waals surface area contributed by atoms with Crippen LogP contribution in [0.5, 0.6) is 0 Å². The van der Waals surface area contributed by atoms with Gasteiger partial charge in [0.05, 0.1) is 16.6 Å². The molecule has 1 amide bonds. The van der Waals surface area contributed by atoms with Gasteiger partial charge in [0, 0.05) is 17.3 Å². The Hall–Kier alpha value is -3.35. The molecule has 2 aromatic carbocycles. The lowest BCUT2D eigenvalue weighted by Crippen LogP contribution is -2.20. The molecule has 0 saturated heterocycles. The van der Waals surface area contributed by atoms with Crippen molar-refractivity contribution in [3.05, 3.63) is 64.1 Å². The van der Waals surface area contributed by atoms with E-state index in [-0.39, 0.29) is 23.2 Å². The number of aromatic carboxylic acids is 1. The number of carbonyl (C=O) groups is 2. The summed E-state index contributed by atoms with van der Waals surface area (Å²) in [6, 6.07) is 11.3. The zero-order chi connectivity index (χ0) is 19.0. The van der Waals surface area contributed by atoms with Gasteiger partial charge in [-0.2, -0.15) is 0 Å². The Kier molecular flexibility index (Phi) is 4.27. The van der Waals surface area contributed by atoms with Crippen molar-refractivity contribution in [1.29, 1.82) is 0 Å². The van der Waals surface area contributed by atoms with Gasteiger partial charge in [-0.05, 0) is 55.3 Å². The third-order valence-electron chi connectivity index (χ3n) is 5.06. The van der Waals surface area contributed by atoms with Crippen LogP contribution in [-0.4, -0.2) is 26.5 Å². The minimum atomic E-state index is -1.02. The Balaban J connectivity index is 1.59. The fourth-order valence-electron chi connectivity index (χ4n) is 3.70. The third kappa shape index (κ3) is 3.23. The first-order chi connectivity index (χ1) is 13.0. The van der Waals surface area contributed by atoms with Gasteiger partial charge in [-0.15, -0.1) is 0 Å². The van der Waals surface area contributed by atoms with E-state index >= 15 is 0 Å². The van der Waals surface area contributed by atoms with E-state index in [0.717, 1.165) is 31.2 Å². The minimum absolute atomic E-state index is 0.140. The van der Waals surface area contributed by atoms with Crippen LogP contribution in [-0.2, 0) is 0 Å². The predicted octanol–water partition coefficient (Wildman–Crippen LogP) is 3.40. The third-order valence-corrected chi connectivity index (χ3v) is 5.06. The number of benzene rings is 2. The van der Waals surface area contributed by atoms with Crippen LogP contribution in [0.1, 0.15) is 52.4 Å². The molecular formula is C20H19N3O4. The highest BCUT2D eigenvalue weighted by atomic mass is 16.4. The first-order valence-electron chi connectivity index (χ1n) is 8.92. The zero-order valence-electron chi connectivity index (χ0n) is 14.6. The number of rotatable bonds is 4. The molecule has 1 saturated carbocycles. The number of imidazole rings is 1. The summed E-state index contributed by atoms with van der Waals surface area (Å²) < 4.78 is 1.80. The number of carboxylic acid groups (broad SMARTS) is 1. The standard InChI is InChI=1S/C20H19N3O4/c24-18(21-14-8-5-12(6-9-14)19(25)26)13-7-10-17-16(11-13)22-20(27)23(17)15-3-1-2-4-15/h5-11,15H,1-4H2,(H,21,24)(H,22,27)(H,25,26). The number of H-pyrrole nitrogens is 1. The summed E-state index contributed by atoms with van der Waals surface area (Å²) in [5, 5.41) is 11.7. The van der Waals surface area contributed by atoms with Crippen molar-refractivity contribution in [2.75, 3.05) is 5.32 Å². The van der Waals surface area contributed by atoms with Gasteiger partial charge in [0.15, 0.2) is 0 Å². The van der Waals surface area contributed by atoms with E-state index in [1.54, 1.807) is 34.9 Å². The lowest BCUT2D eigenvalue weighted by molar-refractivity contribution is 0.0696. The molecule has 7 heteroatoms. The number of hydrogen-bond donors (Lipinski definition) is 3. The highest BCUT2D eigenvalue weighted by molar-refractivity contribution is 6.06. The molecule has 0 bridgehead atoms. The molecule has 1 heterocycles. The van der Waals surface area contributed by atoms with Crippen LogP contribution in [0.2, 0.25) is 0 Å². The van der Waals surface area contributed by atoms with Crippen LogP contribution in [0.25, 0.3) is 11.0 Å². The van der Waals surface area contributed by atoms with Gasteiger partial charge >= 0.3 is 11.7 Å². The van der Waals surface area contributed by atoms with E-state index in [1.165, 1.54) is 12.1 Å². The van der Waals surface area contributed by atoms with Crippen molar-refractivity contribution in [1.82, 2.24) is 9.55 Å². The Morgan fingerprint density at radius 2 is 1.70 bits per heavy atom. The van der Waals surface area contributed by atoms with Crippen LogP contribution in [0, 0.1) is 0 Å². The van der Waals surface area contributed by atoms with E-state index in [4.69, 9.17) is 5.11 Å².